The van der Waals surface area contributed by atoms with E-state index in [4.69, 9.17) is 0 Å². The minimum atomic E-state index is -4.85. The second-order valence-corrected chi connectivity index (χ2v) is 4.01. The molecule has 0 spiro atoms. The Bertz CT molecular complexity index is 468. The average molecular weight is 274 g/mol. The molecule has 0 radical (unpaired) electrons. The van der Waals surface area contributed by atoms with E-state index in [1.54, 1.807) is 24.4 Å². The molecule has 0 aliphatic rings. The van der Waals surface area contributed by atoms with Gasteiger partial charge in [0.15, 0.2) is 0 Å². The molecule has 0 saturated carbocycles. The summed E-state index contributed by atoms with van der Waals surface area (Å²) in [5.74, 6) is -2.87. The van der Waals surface area contributed by atoms with Gasteiger partial charge in [-0.25, -0.2) is 0 Å². The molecule has 0 saturated heterocycles. The first kappa shape index (κ1) is 15.0. The minimum absolute atomic E-state index is 0.0261. The van der Waals surface area contributed by atoms with E-state index in [1.165, 1.54) is 12.1 Å². The lowest BCUT2D eigenvalue weighted by atomic mass is 10.1. The molecule has 7 heteroatoms. The largest absolute Gasteiger partial charge is 0.550 e. The molecule has 0 heterocycles. The number of rotatable bonds is 4. The van der Waals surface area contributed by atoms with Crippen molar-refractivity contribution in [2.24, 2.45) is 0 Å². The fourth-order valence-corrected chi connectivity index (χ4v) is 1.36. The van der Waals surface area contributed by atoms with Gasteiger partial charge < -0.3 is 15.2 Å². The summed E-state index contributed by atoms with van der Waals surface area (Å²) in [5, 5.41) is 11.9. The molecule has 1 atom stereocenters. The third kappa shape index (κ3) is 4.61. The van der Waals surface area contributed by atoms with Crippen LogP contribution in [0.5, 0.6) is 0 Å². The van der Waals surface area contributed by atoms with Gasteiger partial charge in [0.1, 0.15) is 6.04 Å². The summed E-state index contributed by atoms with van der Waals surface area (Å²) in [4.78, 5) is 21.8. The fourth-order valence-electron chi connectivity index (χ4n) is 1.36. The second kappa shape index (κ2) is 5.73. The molecule has 1 amide bonds. The number of hydrogen-bond donors (Lipinski definition) is 1. The predicted octanol–water partition coefficient (Wildman–Crippen LogP) is 0.796. The molecule has 0 fully saturated rings. The molecule has 1 aromatic rings. The Kier molecular flexibility index (Phi) is 4.52. The van der Waals surface area contributed by atoms with Crippen molar-refractivity contribution in [1.82, 2.24) is 5.32 Å². The van der Waals surface area contributed by atoms with E-state index >= 15 is 0 Å². The van der Waals surface area contributed by atoms with Gasteiger partial charge in [-0.15, -0.1) is 0 Å². The van der Waals surface area contributed by atoms with Crippen molar-refractivity contribution in [3.05, 3.63) is 35.4 Å². The molecule has 0 bridgehead atoms. The van der Waals surface area contributed by atoms with Gasteiger partial charge in [-0.05, 0) is 19.1 Å². The summed E-state index contributed by atoms with van der Waals surface area (Å²) in [6.07, 6.45) is -6.17. The lowest BCUT2D eigenvalue weighted by Gasteiger charge is -2.22. The highest BCUT2D eigenvalue weighted by Gasteiger charge is 2.40. The Morgan fingerprint density at radius 1 is 1.26 bits per heavy atom. The Balaban J connectivity index is 2.81. The Morgan fingerprint density at radius 2 is 1.79 bits per heavy atom. The smallest absolute Gasteiger partial charge is 0.408 e. The quantitative estimate of drug-likeness (QED) is 0.882. The highest BCUT2D eigenvalue weighted by Crippen LogP contribution is 2.22. The first-order valence-electron chi connectivity index (χ1n) is 5.34. The zero-order chi connectivity index (χ0) is 14.6. The zero-order valence-corrected chi connectivity index (χ0v) is 9.95. The lowest BCUT2D eigenvalue weighted by Crippen LogP contribution is -2.48. The number of carbonyl (C=O) groups is 2. The number of halogens is 3. The maximum atomic E-state index is 12.5. The number of hydrogen-bond acceptors (Lipinski definition) is 3. The van der Waals surface area contributed by atoms with Crippen LogP contribution in [0.3, 0.4) is 0 Å². The number of carbonyl (C=O) groups excluding carboxylic acids is 2. The third-order valence-corrected chi connectivity index (χ3v) is 2.38. The van der Waals surface area contributed by atoms with Gasteiger partial charge >= 0.3 is 6.18 Å². The second-order valence-electron chi connectivity index (χ2n) is 4.01. The molecule has 1 rings (SSSR count). The van der Waals surface area contributed by atoms with Gasteiger partial charge in [-0.3, -0.25) is 4.79 Å². The zero-order valence-electron chi connectivity index (χ0n) is 9.95. The minimum Gasteiger partial charge on any atom is -0.550 e. The van der Waals surface area contributed by atoms with E-state index in [2.05, 4.69) is 0 Å². The maximum Gasteiger partial charge on any atom is 0.408 e. The first-order valence-corrected chi connectivity index (χ1v) is 5.34. The van der Waals surface area contributed by atoms with E-state index in [0.717, 1.165) is 5.56 Å². The van der Waals surface area contributed by atoms with Crippen molar-refractivity contribution in [3.8, 4) is 0 Å². The Morgan fingerprint density at radius 3 is 2.21 bits per heavy atom. The Labute approximate surface area is 107 Å². The molecule has 104 valence electrons. The summed E-state index contributed by atoms with van der Waals surface area (Å²) >= 11 is 0. The van der Waals surface area contributed by atoms with Crippen molar-refractivity contribution in [3.63, 3.8) is 0 Å². The van der Waals surface area contributed by atoms with Crippen molar-refractivity contribution < 1.29 is 27.9 Å². The number of carboxylic acids is 1. The topological polar surface area (TPSA) is 69.2 Å². The standard InChI is InChI=1S/C12H12F3NO3/c1-7-2-4-8(5-3-7)11(19)16-9(6-10(17)18)12(13,14)15/h2-5,9H,6H2,1H3,(H,16,19)(H,17,18)/p-1/t9-/m0/s1. The van der Waals surface area contributed by atoms with Crippen molar-refractivity contribution in [2.75, 3.05) is 0 Å². The van der Waals surface area contributed by atoms with Crippen molar-refractivity contribution in [2.45, 2.75) is 25.6 Å². The number of nitrogens with one attached hydrogen (secondary N) is 1. The molecule has 1 N–H and O–H groups in total. The number of aryl methyl sites for hydroxylation is 1. The molecule has 19 heavy (non-hydrogen) atoms. The van der Waals surface area contributed by atoms with E-state index in [1.807, 2.05) is 0 Å². The molecule has 0 aliphatic carbocycles. The summed E-state index contributed by atoms with van der Waals surface area (Å²) in [5.41, 5.74) is 0.872. The molecule has 0 aliphatic heterocycles. The van der Waals surface area contributed by atoms with Crippen LogP contribution in [0.2, 0.25) is 0 Å². The molecule has 0 aromatic heterocycles. The lowest BCUT2D eigenvalue weighted by molar-refractivity contribution is -0.308. The SMILES string of the molecule is Cc1ccc(C(=O)N[C@@H](CC(=O)[O-])C(F)(F)F)cc1. The summed E-state index contributed by atoms with van der Waals surface area (Å²) < 4.78 is 37.5. The summed E-state index contributed by atoms with van der Waals surface area (Å²) in [6.45, 7) is 1.76. The van der Waals surface area contributed by atoms with Gasteiger partial charge in [-0.1, -0.05) is 17.7 Å². The van der Waals surface area contributed by atoms with Crippen LogP contribution < -0.4 is 10.4 Å². The maximum absolute atomic E-state index is 12.5. The molecule has 4 nitrogen and oxygen atoms in total. The van der Waals surface area contributed by atoms with Crippen LogP contribution in [0.4, 0.5) is 13.2 Å². The highest BCUT2D eigenvalue weighted by atomic mass is 19.4. The summed E-state index contributed by atoms with van der Waals surface area (Å²) in [7, 11) is 0. The van der Waals surface area contributed by atoms with Crippen LogP contribution >= 0.6 is 0 Å². The number of carboxylic acid groups (broad SMARTS) is 1. The van der Waals surface area contributed by atoms with Crippen LogP contribution in [0.25, 0.3) is 0 Å². The number of aliphatic carboxylic acids is 1. The normalized spacial score (nSPS) is 12.8. The summed E-state index contributed by atoms with van der Waals surface area (Å²) in [6, 6.07) is 3.38. The van der Waals surface area contributed by atoms with Gasteiger partial charge in [0.25, 0.3) is 5.91 Å². The van der Waals surface area contributed by atoms with Crippen LogP contribution in [-0.2, 0) is 4.79 Å². The molecule has 0 unspecified atom stereocenters. The monoisotopic (exact) mass is 274 g/mol. The number of alkyl halides is 3. The molecular formula is C12H11F3NO3-. The van der Waals surface area contributed by atoms with E-state index in [-0.39, 0.29) is 5.56 Å². The van der Waals surface area contributed by atoms with Crippen LogP contribution in [0.15, 0.2) is 24.3 Å². The number of benzene rings is 1. The van der Waals surface area contributed by atoms with E-state index < -0.39 is 30.5 Å². The predicted molar refractivity (Wildman–Crippen MR) is 58.1 cm³/mol. The Hall–Kier alpha value is -2.05. The van der Waals surface area contributed by atoms with Crippen molar-refractivity contribution >= 4 is 11.9 Å². The average Bonchev–Trinajstić information content (AvgIpc) is 2.27. The van der Waals surface area contributed by atoms with Crippen LogP contribution in [-0.4, -0.2) is 24.1 Å². The van der Waals surface area contributed by atoms with E-state index in [9.17, 15) is 27.9 Å². The molecular weight excluding hydrogens is 263 g/mol. The first-order chi connectivity index (χ1) is 8.70. The number of amides is 1. The van der Waals surface area contributed by atoms with Crippen LogP contribution in [0.1, 0.15) is 22.3 Å². The van der Waals surface area contributed by atoms with Crippen molar-refractivity contribution in [1.29, 1.82) is 0 Å². The highest BCUT2D eigenvalue weighted by molar-refractivity contribution is 5.94. The van der Waals surface area contributed by atoms with Gasteiger partial charge in [0.2, 0.25) is 0 Å². The van der Waals surface area contributed by atoms with Crippen LogP contribution in [0, 0.1) is 6.92 Å². The van der Waals surface area contributed by atoms with Gasteiger partial charge in [0.05, 0.1) is 0 Å². The molecule has 1 aromatic carbocycles. The van der Waals surface area contributed by atoms with Gasteiger partial charge in [0, 0.05) is 18.0 Å². The van der Waals surface area contributed by atoms with E-state index in [0.29, 0.717) is 0 Å². The van der Waals surface area contributed by atoms with Gasteiger partial charge in [-0.2, -0.15) is 13.2 Å². The fraction of sp³-hybridized carbons (Fsp3) is 0.333. The third-order valence-electron chi connectivity index (χ3n) is 2.38.